The number of halogens is 3. The number of rotatable bonds is 3. The summed E-state index contributed by atoms with van der Waals surface area (Å²) in [5.41, 5.74) is 0.776. The van der Waals surface area contributed by atoms with Crippen molar-refractivity contribution in [3.8, 4) is 11.1 Å². The van der Waals surface area contributed by atoms with Gasteiger partial charge in [-0.3, -0.25) is 0 Å². The summed E-state index contributed by atoms with van der Waals surface area (Å²) in [7, 11) is -0.378. The predicted molar refractivity (Wildman–Crippen MR) is 96.7 cm³/mol. The van der Waals surface area contributed by atoms with Gasteiger partial charge in [0.25, 0.3) is 0 Å². The van der Waals surface area contributed by atoms with E-state index < -0.39 is 22.9 Å². The van der Waals surface area contributed by atoms with Crippen LogP contribution in [0.25, 0.3) is 11.1 Å². The smallest absolute Gasteiger partial charge is 0.403 e. The van der Waals surface area contributed by atoms with Gasteiger partial charge in [-0.2, -0.15) is 13.2 Å². The Morgan fingerprint density at radius 3 is 1.96 bits per heavy atom. The maximum absolute atomic E-state index is 12.9. The fraction of sp³-hybridized carbons (Fsp3) is 0.400. The van der Waals surface area contributed by atoms with E-state index in [2.05, 4.69) is 0 Å². The molecule has 0 aliphatic carbocycles. The summed E-state index contributed by atoms with van der Waals surface area (Å²) in [6, 6.07) is 12.8. The first-order valence-electron chi connectivity index (χ1n) is 8.60. The van der Waals surface area contributed by atoms with Crippen molar-refractivity contribution in [2.75, 3.05) is 0 Å². The summed E-state index contributed by atoms with van der Waals surface area (Å²) >= 11 is 0. The van der Waals surface area contributed by atoms with Gasteiger partial charge in [0.05, 0.1) is 16.8 Å². The number of hydrogen-bond donors (Lipinski definition) is 0. The molecule has 0 N–H and O–H groups in total. The lowest BCUT2D eigenvalue weighted by atomic mass is 9.80. The van der Waals surface area contributed by atoms with Crippen molar-refractivity contribution in [3.63, 3.8) is 0 Å². The Balaban J connectivity index is 1.82. The van der Waals surface area contributed by atoms with Crippen LogP contribution >= 0.6 is 0 Å². The molecule has 1 heterocycles. The molecule has 1 aliphatic heterocycles. The van der Waals surface area contributed by atoms with Gasteiger partial charge >= 0.3 is 13.3 Å². The molecule has 0 aromatic heterocycles. The van der Waals surface area contributed by atoms with Crippen LogP contribution in [0, 0.1) is 0 Å². The van der Waals surface area contributed by atoms with Crippen LogP contribution in [0.5, 0.6) is 0 Å². The third-order valence-electron chi connectivity index (χ3n) is 5.15. The van der Waals surface area contributed by atoms with Crippen LogP contribution in [0.3, 0.4) is 0 Å². The van der Waals surface area contributed by atoms with Crippen LogP contribution in [-0.2, 0) is 21.8 Å². The highest BCUT2D eigenvalue weighted by Crippen LogP contribution is 2.38. The molecule has 1 saturated heterocycles. The first-order chi connectivity index (χ1) is 12.0. The monoisotopic (exact) mass is 362 g/mol. The van der Waals surface area contributed by atoms with Crippen LogP contribution in [0.2, 0.25) is 0 Å². The fourth-order valence-electron chi connectivity index (χ4n) is 2.99. The molecule has 1 aliphatic rings. The van der Waals surface area contributed by atoms with E-state index >= 15 is 0 Å². The van der Waals surface area contributed by atoms with Crippen LogP contribution in [0.1, 0.15) is 38.8 Å². The van der Waals surface area contributed by atoms with Gasteiger partial charge in [0.1, 0.15) is 0 Å². The molecule has 0 unspecified atom stereocenters. The quantitative estimate of drug-likeness (QED) is 0.667. The lowest BCUT2D eigenvalue weighted by molar-refractivity contribution is -0.137. The van der Waals surface area contributed by atoms with E-state index in [0.29, 0.717) is 11.9 Å². The maximum Gasteiger partial charge on any atom is 0.462 e. The average Bonchev–Trinajstić information content (AvgIpc) is 2.73. The molecule has 3 rings (SSSR count). The Kier molecular flexibility index (Phi) is 4.70. The van der Waals surface area contributed by atoms with Gasteiger partial charge in [-0.1, -0.05) is 36.4 Å². The van der Waals surface area contributed by atoms with Crippen LogP contribution in [0.4, 0.5) is 13.2 Å². The SMILES string of the molecule is CC1(C)OB(Cc2cccc(-c3cccc(C(F)(F)F)c3)c2)OC1(C)C. The molecule has 0 amide bonds. The standard InChI is InChI=1S/C20H22BF3O2/c1-18(2)19(3,4)26-21(25-18)13-14-7-5-8-15(11-14)16-9-6-10-17(12-16)20(22,23)24/h5-12H,13H2,1-4H3. The van der Waals surface area contributed by atoms with E-state index in [1.54, 1.807) is 6.07 Å². The highest BCUT2D eigenvalue weighted by atomic mass is 19.4. The highest BCUT2D eigenvalue weighted by Gasteiger charge is 2.50. The minimum Gasteiger partial charge on any atom is -0.403 e. The molecule has 26 heavy (non-hydrogen) atoms. The summed E-state index contributed by atoms with van der Waals surface area (Å²) in [6.45, 7) is 7.97. The van der Waals surface area contributed by atoms with Gasteiger partial charge in [0, 0.05) is 6.32 Å². The molecule has 6 heteroatoms. The molecule has 2 nitrogen and oxygen atoms in total. The maximum atomic E-state index is 12.9. The zero-order valence-electron chi connectivity index (χ0n) is 15.4. The van der Waals surface area contributed by atoms with Crippen molar-refractivity contribution in [1.82, 2.24) is 0 Å². The van der Waals surface area contributed by atoms with Crippen molar-refractivity contribution >= 4 is 7.12 Å². The van der Waals surface area contributed by atoms with E-state index in [-0.39, 0.29) is 7.12 Å². The second kappa shape index (κ2) is 6.43. The van der Waals surface area contributed by atoms with E-state index in [9.17, 15) is 13.2 Å². The van der Waals surface area contributed by atoms with Gasteiger partial charge in [-0.25, -0.2) is 0 Å². The summed E-state index contributed by atoms with van der Waals surface area (Å²) in [5.74, 6) is 0. The third kappa shape index (κ3) is 3.81. The van der Waals surface area contributed by atoms with Crippen molar-refractivity contribution in [2.24, 2.45) is 0 Å². The molecule has 0 radical (unpaired) electrons. The molecule has 0 atom stereocenters. The average molecular weight is 362 g/mol. The molecule has 0 saturated carbocycles. The zero-order valence-corrected chi connectivity index (χ0v) is 15.4. The van der Waals surface area contributed by atoms with Crippen molar-refractivity contribution in [3.05, 3.63) is 59.7 Å². The minimum absolute atomic E-state index is 0.378. The second-order valence-corrected chi connectivity index (χ2v) is 7.67. The summed E-state index contributed by atoms with van der Waals surface area (Å²) in [4.78, 5) is 0. The summed E-state index contributed by atoms with van der Waals surface area (Å²) in [5, 5.41) is 0. The largest absolute Gasteiger partial charge is 0.462 e. The predicted octanol–water partition coefficient (Wildman–Crippen LogP) is 5.55. The van der Waals surface area contributed by atoms with E-state index in [1.807, 2.05) is 52.0 Å². The molecule has 2 aromatic rings. The van der Waals surface area contributed by atoms with Gasteiger partial charge in [-0.15, -0.1) is 0 Å². The Morgan fingerprint density at radius 1 is 0.846 bits per heavy atom. The molecular formula is C20H22BF3O2. The normalized spacial score (nSPS) is 19.0. The summed E-state index contributed by atoms with van der Waals surface area (Å²) in [6.07, 6.45) is -3.81. The van der Waals surface area contributed by atoms with Crippen LogP contribution in [-0.4, -0.2) is 18.3 Å². The molecule has 0 spiro atoms. The summed E-state index contributed by atoms with van der Waals surface area (Å²) < 4.78 is 50.9. The van der Waals surface area contributed by atoms with Crippen LogP contribution < -0.4 is 0 Å². The first-order valence-corrected chi connectivity index (χ1v) is 8.60. The Bertz CT molecular complexity index is 784. The number of hydrogen-bond acceptors (Lipinski definition) is 2. The molecule has 1 fully saturated rings. The topological polar surface area (TPSA) is 18.5 Å². The van der Waals surface area contributed by atoms with E-state index in [1.165, 1.54) is 12.1 Å². The van der Waals surface area contributed by atoms with Gasteiger partial charge in [0.2, 0.25) is 0 Å². The van der Waals surface area contributed by atoms with Crippen molar-refractivity contribution < 1.29 is 22.5 Å². The van der Waals surface area contributed by atoms with Gasteiger partial charge in [0.15, 0.2) is 0 Å². The third-order valence-corrected chi connectivity index (χ3v) is 5.15. The van der Waals surface area contributed by atoms with Gasteiger partial charge in [-0.05, 0) is 56.5 Å². The Labute approximate surface area is 152 Å². The lowest BCUT2D eigenvalue weighted by Gasteiger charge is -2.32. The number of benzene rings is 2. The number of alkyl halides is 3. The highest BCUT2D eigenvalue weighted by molar-refractivity contribution is 6.45. The van der Waals surface area contributed by atoms with Crippen LogP contribution in [0.15, 0.2) is 48.5 Å². The van der Waals surface area contributed by atoms with E-state index in [0.717, 1.165) is 17.2 Å². The Hall–Kier alpha value is -1.79. The Morgan fingerprint density at radius 2 is 1.38 bits per heavy atom. The molecule has 2 aromatic carbocycles. The molecule has 138 valence electrons. The zero-order chi connectivity index (χ0) is 19.2. The second-order valence-electron chi connectivity index (χ2n) is 7.67. The van der Waals surface area contributed by atoms with Gasteiger partial charge < -0.3 is 9.31 Å². The minimum atomic E-state index is -4.35. The van der Waals surface area contributed by atoms with Crippen molar-refractivity contribution in [2.45, 2.75) is 51.4 Å². The first kappa shape index (κ1) is 19.0. The molecule has 0 bridgehead atoms. The molecular weight excluding hydrogens is 340 g/mol. The lowest BCUT2D eigenvalue weighted by Crippen LogP contribution is -2.41. The van der Waals surface area contributed by atoms with E-state index in [4.69, 9.17) is 9.31 Å². The van der Waals surface area contributed by atoms with Crippen molar-refractivity contribution in [1.29, 1.82) is 0 Å². The fourth-order valence-corrected chi connectivity index (χ4v) is 2.99.